The van der Waals surface area contributed by atoms with E-state index in [0.29, 0.717) is 12.0 Å². The zero-order chi connectivity index (χ0) is 13.2. The van der Waals surface area contributed by atoms with Crippen molar-refractivity contribution >= 4 is 17.0 Å². The van der Waals surface area contributed by atoms with Gasteiger partial charge in [0.25, 0.3) is 0 Å². The molecule has 5 heteroatoms. The third-order valence-electron chi connectivity index (χ3n) is 3.60. The first-order valence-electron chi connectivity index (χ1n) is 6.58. The Balaban J connectivity index is 1.62. The van der Waals surface area contributed by atoms with Gasteiger partial charge in [-0.25, -0.2) is 4.98 Å². The lowest BCUT2D eigenvalue weighted by Crippen LogP contribution is -2.35. The summed E-state index contributed by atoms with van der Waals surface area (Å²) >= 11 is 0. The molecular formula is C14H17N3O2. The zero-order valence-electron chi connectivity index (χ0n) is 10.6. The largest absolute Gasteiger partial charge is 0.443 e. The van der Waals surface area contributed by atoms with Gasteiger partial charge < -0.3 is 15.5 Å². The second kappa shape index (κ2) is 5.01. The molecule has 1 aromatic carbocycles. The molecule has 3 N–H and O–H groups in total. The summed E-state index contributed by atoms with van der Waals surface area (Å²) in [5, 5.41) is 3.03. The van der Waals surface area contributed by atoms with Crippen molar-refractivity contribution in [2.45, 2.75) is 37.8 Å². The summed E-state index contributed by atoms with van der Waals surface area (Å²) in [5.41, 5.74) is 8.29. The molecule has 1 saturated carbocycles. The smallest absolute Gasteiger partial charge is 0.224 e. The van der Waals surface area contributed by atoms with Gasteiger partial charge in [-0.15, -0.1) is 0 Å². The number of aromatic nitrogens is 1. The fraction of sp³-hybridized carbons (Fsp3) is 0.429. The molecule has 2 aromatic rings. The fourth-order valence-electron chi connectivity index (χ4n) is 2.62. The Morgan fingerprint density at radius 2 is 2.37 bits per heavy atom. The van der Waals surface area contributed by atoms with Crippen molar-refractivity contribution in [1.29, 1.82) is 0 Å². The molecule has 5 nitrogen and oxygen atoms in total. The van der Waals surface area contributed by atoms with Gasteiger partial charge in [0.2, 0.25) is 5.91 Å². The first kappa shape index (κ1) is 12.2. The standard InChI is InChI=1S/C14H17N3O2/c15-10-2-3-11(7-10)17-14(18)6-9-1-4-12-13(5-9)19-8-16-12/h1,4-5,8,10-11H,2-3,6-7,15H2,(H,17,18). The Morgan fingerprint density at radius 3 is 3.16 bits per heavy atom. The zero-order valence-corrected chi connectivity index (χ0v) is 10.6. The minimum absolute atomic E-state index is 0.0398. The molecule has 0 spiro atoms. The van der Waals surface area contributed by atoms with Crippen LogP contribution in [0.1, 0.15) is 24.8 Å². The minimum Gasteiger partial charge on any atom is -0.443 e. The van der Waals surface area contributed by atoms with E-state index in [2.05, 4.69) is 10.3 Å². The predicted octanol–water partition coefficient (Wildman–Crippen LogP) is 1.37. The maximum atomic E-state index is 12.0. The lowest BCUT2D eigenvalue weighted by atomic mass is 10.1. The molecule has 0 saturated heterocycles. The van der Waals surface area contributed by atoms with Crippen LogP contribution in [0.25, 0.3) is 11.1 Å². The SMILES string of the molecule is NC1CCC(NC(=O)Cc2ccc3ncoc3c2)C1. The van der Waals surface area contributed by atoms with Crippen LogP contribution in [0.4, 0.5) is 0 Å². The molecule has 1 heterocycles. The summed E-state index contributed by atoms with van der Waals surface area (Å²) < 4.78 is 5.23. The van der Waals surface area contributed by atoms with Crippen LogP contribution in [0.2, 0.25) is 0 Å². The van der Waals surface area contributed by atoms with Gasteiger partial charge >= 0.3 is 0 Å². The van der Waals surface area contributed by atoms with E-state index in [4.69, 9.17) is 10.2 Å². The number of oxazole rings is 1. The maximum absolute atomic E-state index is 12.0. The predicted molar refractivity (Wildman–Crippen MR) is 71.5 cm³/mol. The summed E-state index contributed by atoms with van der Waals surface area (Å²) in [6.45, 7) is 0. The average molecular weight is 259 g/mol. The first-order chi connectivity index (χ1) is 9.20. The normalized spacial score (nSPS) is 22.8. The lowest BCUT2D eigenvalue weighted by molar-refractivity contribution is -0.121. The number of carbonyl (C=O) groups excluding carboxylic acids is 1. The van der Waals surface area contributed by atoms with E-state index in [1.807, 2.05) is 18.2 Å². The lowest BCUT2D eigenvalue weighted by Gasteiger charge is -2.12. The third-order valence-corrected chi connectivity index (χ3v) is 3.60. The van der Waals surface area contributed by atoms with Crippen molar-refractivity contribution in [1.82, 2.24) is 10.3 Å². The Morgan fingerprint density at radius 1 is 1.47 bits per heavy atom. The Labute approximate surface area is 111 Å². The highest BCUT2D eigenvalue weighted by atomic mass is 16.3. The number of nitrogens with one attached hydrogen (secondary N) is 1. The molecule has 100 valence electrons. The monoisotopic (exact) mass is 259 g/mol. The van der Waals surface area contributed by atoms with Crippen molar-refractivity contribution in [2.75, 3.05) is 0 Å². The number of benzene rings is 1. The maximum Gasteiger partial charge on any atom is 0.224 e. The van der Waals surface area contributed by atoms with Crippen molar-refractivity contribution in [2.24, 2.45) is 5.73 Å². The van der Waals surface area contributed by atoms with E-state index < -0.39 is 0 Å². The van der Waals surface area contributed by atoms with Crippen LogP contribution in [-0.4, -0.2) is 23.0 Å². The Bertz CT molecular complexity index is 593. The summed E-state index contributed by atoms with van der Waals surface area (Å²) in [4.78, 5) is 16.0. The topological polar surface area (TPSA) is 81.1 Å². The molecule has 1 fully saturated rings. The summed E-state index contributed by atoms with van der Waals surface area (Å²) in [6.07, 6.45) is 4.63. The van der Waals surface area contributed by atoms with Crippen LogP contribution in [-0.2, 0) is 11.2 Å². The molecule has 2 atom stereocenters. The molecule has 1 aliphatic rings. The van der Waals surface area contributed by atoms with Gasteiger partial charge in [-0.2, -0.15) is 0 Å². The van der Waals surface area contributed by atoms with Crippen LogP contribution >= 0.6 is 0 Å². The van der Waals surface area contributed by atoms with E-state index in [1.165, 1.54) is 6.39 Å². The molecule has 0 radical (unpaired) electrons. The van der Waals surface area contributed by atoms with E-state index >= 15 is 0 Å². The second-order valence-electron chi connectivity index (χ2n) is 5.17. The number of fused-ring (bicyclic) bond motifs is 1. The highest BCUT2D eigenvalue weighted by molar-refractivity contribution is 5.81. The van der Waals surface area contributed by atoms with Crippen molar-refractivity contribution in [3.05, 3.63) is 30.2 Å². The molecule has 19 heavy (non-hydrogen) atoms. The number of carbonyl (C=O) groups is 1. The van der Waals surface area contributed by atoms with Gasteiger partial charge in [-0.3, -0.25) is 4.79 Å². The summed E-state index contributed by atoms with van der Waals surface area (Å²) in [5.74, 6) is 0.0398. The number of rotatable bonds is 3. The van der Waals surface area contributed by atoms with Crippen LogP contribution in [0.5, 0.6) is 0 Å². The van der Waals surface area contributed by atoms with E-state index in [-0.39, 0.29) is 18.0 Å². The molecule has 1 amide bonds. The second-order valence-corrected chi connectivity index (χ2v) is 5.17. The average Bonchev–Trinajstić information content (AvgIpc) is 2.97. The summed E-state index contributed by atoms with van der Waals surface area (Å²) in [6, 6.07) is 6.10. The number of hydrogen-bond donors (Lipinski definition) is 2. The van der Waals surface area contributed by atoms with Gasteiger partial charge in [0.1, 0.15) is 5.52 Å². The quantitative estimate of drug-likeness (QED) is 0.872. The number of nitrogens with zero attached hydrogens (tertiary/aromatic N) is 1. The summed E-state index contributed by atoms with van der Waals surface area (Å²) in [7, 11) is 0. The van der Waals surface area contributed by atoms with Gasteiger partial charge in [-0.05, 0) is 37.0 Å². The Hall–Kier alpha value is -1.88. The van der Waals surface area contributed by atoms with Crippen LogP contribution in [0.3, 0.4) is 0 Å². The number of amides is 1. The highest BCUT2D eigenvalue weighted by Gasteiger charge is 2.22. The number of hydrogen-bond acceptors (Lipinski definition) is 4. The first-order valence-corrected chi connectivity index (χ1v) is 6.58. The van der Waals surface area contributed by atoms with Crippen LogP contribution in [0, 0.1) is 0 Å². The van der Waals surface area contributed by atoms with Gasteiger partial charge in [-0.1, -0.05) is 6.07 Å². The van der Waals surface area contributed by atoms with E-state index in [1.54, 1.807) is 0 Å². The fourth-order valence-corrected chi connectivity index (χ4v) is 2.62. The molecule has 1 aromatic heterocycles. The third kappa shape index (κ3) is 2.76. The molecule has 0 bridgehead atoms. The molecule has 3 rings (SSSR count). The van der Waals surface area contributed by atoms with Crippen molar-refractivity contribution in [3.63, 3.8) is 0 Å². The highest BCUT2D eigenvalue weighted by Crippen LogP contribution is 2.18. The van der Waals surface area contributed by atoms with Gasteiger partial charge in [0.15, 0.2) is 12.0 Å². The Kier molecular flexibility index (Phi) is 3.21. The van der Waals surface area contributed by atoms with Gasteiger partial charge in [0.05, 0.1) is 6.42 Å². The molecule has 0 aliphatic heterocycles. The van der Waals surface area contributed by atoms with Gasteiger partial charge in [0, 0.05) is 12.1 Å². The van der Waals surface area contributed by atoms with Crippen LogP contribution in [0.15, 0.2) is 29.0 Å². The minimum atomic E-state index is 0.0398. The molecule has 2 unspecified atom stereocenters. The molecule has 1 aliphatic carbocycles. The van der Waals surface area contributed by atoms with E-state index in [9.17, 15) is 4.79 Å². The van der Waals surface area contributed by atoms with Crippen molar-refractivity contribution < 1.29 is 9.21 Å². The molecular weight excluding hydrogens is 242 g/mol. The van der Waals surface area contributed by atoms with Crippen LogP contribution < -0.4 is 11.1 Å². The van der Waals surface area contributed by atoms with E-state index in [0.717, 1.165) is 30.3 Å². The van der Waals surface area contributed by atoms with Crippen molar-refractivity contribution in [3.8, 4) is 0 Å². The number of nitrogens with two attached hydrogens (primary N) is 1.